The summed E-state index contributed by atoms with van der Waals surface area (Å²) in [4.78, 5) is 5.16. The lowest BCUT2D eigenvalue weighted by Crippen LogP contribution is -2.55. The zero-order valence-corrected chi connectivity index (χ0v) is 12.2. The second-order valence-electron chi connectivity index (χ2n) is 6.11. The molecule has 2 saturated heterocycles. The minimum absolute atomic E-state index is 0.350. The molecular formula is C14H29N3O. The van der Waals surface area contributed by atoms with Crippen molar-refractivity contribution in [3.63, 3.8) is 0 Å². The summed E-state index contributed by atoms with van der Waals surface area (Å²) in [6.45, 7) is 10.1. The first-order valence-corrected chi connectivity index (χ1v) is 7.34. The van der Waals surface area contributed by atoms with Crippen molar-refractivity contribution in [2.24, 2.45) is 5.41 Å². The molecule has 2 atom stereocenters. The Balaban J connectivity index is 1.91. The van der Waals surface area contributed by atoms with Crippen molar-refractivity contribution in [2.75, 3.05) is 60.0 Å². The van der Waals surface area contributed by atoms with Crippen molar-refractivity contribution in [3.05, 3.63) is 0 Å². The predicted octanol–water partition coefficient (Wildman–Crippen LogP) is 0.639. The summed E-state index contributed by atoms with van der Waals surface area (Å²) in [5, 5.41) is 3.36. The van der Waals surface area contributed by atoms with Gasteiger partial charge in [-0.3, -0.25) is 4.90 Å². The molecule has 0 spiro atoms. The Hall–Kier alpha value is -0.160. The van der Waals surface area contributed by atoms with Crippen LogP contribution in [0, 0.1) is 5.41 Å². The van der Waals surface area contributed by atoms with Gasteiger partial charge < -0.3 is 15.0 Å². The molecule has 2 fully saturated rings. The summed E-state index contributed by atoms with van der Waals surface area (Å²) in [6.07, 6.45) is 2.46. The molecule has 1 N–H and O–H groups in total. The first-order valence-electron chi connectivity index (χ1n) is 7.34. The molecule has 0 aromatic carbocycles. The molecule has 2 rings (SSSR count). The zero-order chi connectivity index (χ0) is 13.0. The fourth-order valence-electron chi connectivity index (χ4n) is 3.41. The van der Waals surface area contributed by atoms with Crippen LogP contribution in [0.25, 0.3) is 0 Å². The summed E-state index contributed by atoms with van der Waals surface area (Å²) in [6, 6.07) is 0.729. The maximum absolute atomic E-state index is 5.65. The van der Waals surface area contributed by atoms with Gasteiger partial charge in [-0.15, -0.1) is 0 Å². The van der Waals surface area contributed by atoms with Crippen molar-refractivity contribution in [3.8, 4) is 0 Å². The highest BCUT2D eigenvalue weighted by Gasteiger charge is 2.37. The summed E-state index contributed by atoms with van der Waals surface area (Å²) >= 11 is 0. The highest BCUT2D eigenvalue weighted by molar-refractivity contribution is 4.90. The van der Waals surface area contributed by atoms with Gasteiger partial charge in [0.2, 0.25) is 0 Å². The van der Waals surface area contributed by atoms with E-state index >= 15 is 0 Å². The first-order chi connectivity index (χ1) is 8.69. The van der Waals surface area contributed by atoms with Gasteiger partial charge in [0, 0.05) is 50.8 Å². The SMILES string of the molecule is CCC1CN(CC2(CNC)CCOC2)CCN1C. The van der Waals surface area contributed by atoms with Crippen LogP contribution in [0.4, 0.5) is 0 Å². The number of ether oxygens (including phenoxy) is 1. The van der Waals surface area contributed by atoms with E-state index in [1.54, 1.807) is 0 Å². The number of nitrogens with one attached hydrogen (secondary N) is 1. The zero-order valence-electron chi connectivity index (χ0n) is 12.2. The van der Waals surface area contributed by atoms with Gasteiger partial charge in [-0.1, -0.05) is 6.92 Å². The third-order valence-electron chi connectivity index (χ3n) is 4.63. The number of likely N-dealkylation sites (N-methyl/N-ethyl adjacent to an activating group) is 1. The molecule has 2 aliphatic rings. The third-order valence-corrected chi connectivity index (χ3v) is 4.63. The van der Waals surface area contributed by atoms with E-state index in [0.717, 1.165) is 25.8 Å². The minimum atomic E-state index is 0.350. The minimum Gasteiger partial charge on any atom is -0.381 e. The van der Waals surface area contributed by atoms with Crippen LogP contribution < -0.4 is 5.32 Å². The van der Waals surface area contributed by atoms with Crippen LogP contribution in [0.5, 0.6) is 0 Å². The summed E-state index contributed by atoms with van der Waals surface area (Å²) in [5.41, 5.74) is 0.350. The van der Waals surface area contributed by atoms with Crippen LogP contribution in [-0.2, 0) is 4.74 Å². The molecule has 0 radical (unpaired) electrons. The van der Waals surface area contributed by atoms with Gasteiger partial charge in [0.25, 0.3) is 0 Å². The van der Waals surface area contributed by atoms with E-state index in [-0.39, 0.29) is 0 Å². The van der Waals surface area contributed by atoms with E-state index in [1.807, 2.05) is 0 Å². The lowest BCUT2D eigenvalue weighted by molar-refractivity contribution is 0.0497. The molecular weight excluding hydrogens is 226 g/mol. The van der Waals surface area contributed by atoms with Crippen molar-refractivity contribution < 1.29 is 4.74 Å². The summed E-state index contributed by atoms with van der Waals surface area (Å²) < 4.78 is 5.65. The lowest BCUT2D eigenvalue weighted by atomic mass is 9.86. The van der Waals surface area contributed by atoms with E-state index in [4.69, 9.17) is 4.74 Å². The van der Waals surface area contributed by atoms with E-state index in [2.05, 4.69) is 36.1 Å². The molecule has 18 heavy (non-hydrogen) atoms. The maximum Gasteiger partial charge on any atom is 0.0547 e. The Kier molecular flexibility index (Phi) is 5.01. The van der Waals surface area contributed by atoms with Gasteiger partial charge in [0.1, 0.15) is 0 Å². The van der Waals surface area contributed by atoms with Crippen LogP contribution in [0.15, 0.2) is 0 Å². The van der Waals surface area contributed by atoms with Crippen LogP contribution in [0.2, 0.25) is 0 Å². The predicted molar refractivity (Wildman–Crippen MR) is 74.9 cm³/mol. The number of hydrogen-bond acceptors (Lipinski definition) is 4. The fraction of sp³-hybridized carbons (Fsp3) is 1.00. The Bertz CT molecular complexity index is 253. The van der Waals surface area contributed by atoms with Crippen molar-refractivity contribution >= 4 is 0 Å². The van der Waals surface area contributed by atoms with Crippen LogP contribution in [-0.4, -0.2) is 75.9 Å². The van der Waals surface area contributed by atoms with Crippen LogP contribution in [0.3, 0.4) is 0 Å². The average Bonchev–Trinajstić information content (AvgIpc) is 2.81. The van der Waals surface area contributed by atoms with Gasteiger partial charge in [0.15, 0.2) is 0 Å². The molecule has 4 heteroatoms. The smallest absolute Gasteiger partial charge is 0.0547 e. The lowest BCUT2D eigenvalue weighted by Gasteiger charge is -2.42. The molecule has 0 aromatic rings. The summed E-state index contributed by atoms with van der Waals surface area (Å²) in [7, 11) is 4.31. The molecule has 2 unspecified atom stereocenters. The molecule has 0 aromatic heterocycles. The van der Waals surface area contributed by atoms with Crippen LogP contribution >= 0.6 is 0 Å². The van der Waals surface area contributed by atoms with Gasteiger partial charge in [-0.2, -0.15) is 0 Å². The molecule has 0 bridgehead atoms. The standard InChI is InChI=1S/C14H29N3O/c1-4-13-9-17(7-6-16(13)3)11-14(10-15-2)5-8-18-12-14/h13,15H,4-12H2,1-3H3. The number of piperazine rings is 1. The Morgan fingerprint density at radius 2 is 2.22 bits per heavy atom. The molecule has 0 aliphatic carbocycles. The number of hydrogen-bond donors (Lipinski definition) is 1. The number of rotatable bonds is 5. The normalized spacial score (nSPS) is 35.2. The highest BCUT2D eigenvalue weighted by atomic mass is 16.5. The van der Waals surface area contributed by atoms with E-state index in [0.29, 0.717) is 5.41 Å². The third kappa shape index (κ3) is 3.23. The van der Waals surface area contributed by atoms with Gasteiger partial charge >= 0.3 is 0 Å². The Morgan fingerprint density at radius 3 is 2.83 bits per heavy atom. The average molecular weight is 255 g/mol. The largest absolute Gasteiger partial charge is 0.381 e. The maximum atomic E-state index is 5.65. The topological polar surface area (TPSA) is 27.7 Å². The monoisotopic (exact) mass is 255 g/mol. The van der Waals surface area contributed by atoms with Gasteiger partial charge in [0.05, 0.1) is 6.61 Å². The van der Waals surface area contributed by atoms with Gasteiger partial charge in [-0.05, 0) is 26.9 Å². The van der Waals surface area contributed by atoms with E-state index < -0.39 is 0 Å². The molecule has 2 aliphatic heterocycles. The van der Waals surface area contributed by atoms with Crippen LogP contribution in [0.1, 0.15) is 19.8 Å². The van der Waals surface area contributed by atoms with Crippen molar-refractivity contribution in [1.82, 2.24) is 15.1 Å². The molecule has 2 heterocycles. The van der Waals surface area contributed by atoms with E-state index in [9.17, 15) is 0 Å². The van der Waals surface area contributed by atoms with E-state index in [1.165, 1.54) is 39.0 Å². The Labute approximate surface area is 112 Å². The second-order valence-corrected chi connectivity index (χ2v) is 6.11. The fourth-order valence-corrected chi connectivity index (χ4v) is 3.41. The number of nitrogens with zero attached hydrogens (tertiary/aromatic N) is 2. The molecule has 0 amide bonds. The molecule has 106 valence electrons. The highest BCUT2D eigenvalue weighted by Crippen LogP contribution is 2.29. The quantitative estimate of drug-likeness (QED) is 0.780. The van der Waals surface area contributed by atoms with Gasteiger partial charge in [-0.25, -0.2) is 0 Å². The van der Waals surface area contributed by atoms with Crippen molar-refractivity contribution in [2.45, 2.75) is 25.8 Å². The summed E-state index contributed by atoms with van der Waals surface area (Å²) in [5.74, 6) is 0. The first kappa shape index (κ1) is 14.3. The molecule has 0 saturated carbocycles. The molecule has 4 nitrogen and oxygen atoms in total. The second kappa shape index (κ2) is 6.33. The van der Waals surface area contributed by atoms with Crippen molar-refractivity contribution in [1.29, 1.82) is 0 Å². The Morgan fingerprint density at radius 1 is 1.39 bits per heavy atom.